The SMILES string of the molecule is O=C(c1nn(CCCc2ccccc2)c2c1CN(Cc1ccsc1)CC2)N1CCC(O)CC1. The zero-order valence-electron chi connectivity index (χ0n) is 19.0. The highest BCUT2D eigenvalue weighted by Crippen LogP contribution is 2.27. The molecule has 4 heterocycles. The Morgan fingerprint density at radius 2 is 1.91 bits per heavy atom. The van der Waals surface area contributed by atoms with E-state index >= 15 is 0 Å². The number of hydrogen-bond acceptors (Lipinski definition) is 5. The smallest absolute Gasteiger partial charge is 0.274 e. The maximum atomic E-state index is 13.5. The number of nitrogens with zero attached hydrogens (tertiary/aromatic N) is 4. The van der Waals surface area contributed by atoms with Crippen LogP contribution >= 0.6 is 11.3 Å². The molecule has 0 aliphatic carbocycles. The van der Waals surface area contributed by atoms with E-state index in [9.17, 15) is 9.90 Å². The van der Waals surface area contributed by atoms with Crippen molar-refractivity contribution in [3.63, 3.8) is 0 Å². The predicted molar refractivity (Wildman–Crippen MR) is 130 cm³/mol. The summed E-state index contributed by atoms with van der Waals surface area (Å²) in [6.45, 7) is 4.69. The Balaban J connectivity index is 1.35. The third kappa shape index (κ3) is 5.21. The number of likely N-dealkylation sites (tertiary alicyclic amines) is 1. The van der Waals surface area contributed by atoms with Crippen LogP contribution in [0, 0.1) is 0 Å². The summed E-state index contributed by atoms with van der Waals surface area (Å²) in [5, 5.41) is 19.1. The first-order valence-corrected chi connectivity index (χ1v) is 12.9. The number of thiophene rings is 1. The van der Waals surface area contributed by atoms with E-state index in [0.717, 1.165) is 51.0 Å². The fourth-order valence-electron chi connectivity index (χ4n) is 4.98. The molecule has 6 nitrogen and oxygen atoms in total. The molecule has 33 heavy (non-hydrogen) atoms. The van der Waals surface area contributed by atoms with Crippen LogP contribution in [0.1, 0.15) is 52.1 Å². The first-order chi connectivity index (χ1) is 16.2. The highest BCUT2D eigenvalue weighted by atomic mass is 32.1. The Labute approximate surface area is 199 Å². The van der Waals surface area contributed by atoms with Crippen molar-refractivity contribution < 1.29 is 9.90 Å². The Morgan fingerprint density at radius 3 is 2.67 bits per heavy atom. The molecular weight excluding hydrogens is 432 g/mol. The van der Waals surface area contributed by atoms with Crippen LogP contribution in [-0.4, -0.2) is 56.3 Å². The van der Waals surface area contributed by atoms with Crippen LogP contribution in [0.5, 0.6) is 0 Å². The van der Waals surface area contributed by atoms with Crippen molar-refractivity contribution in [1.29, 1.82) is 0 Å². The van der Waals surface area contributed by atoms with Crippen molar-refractivity contribution in [3.8, 4) is 0 Å². The third-order valence-corrected chi connectivity index (χ3v) is 7.56. The lowest BCUT2D eigenvalue weighted by molar-refractivity contribution is 0.0538. The summed E-state index contributed by atoms with van der Waals surface area (Å²) in [6.07, 6.45) is 3.93. The zero-order valence-corrected chi connectivity index (χ0v) is 19.8. The first-order valence-electron chi connectivity index (χ1n) is 12.0. The highest BCUT2D eigenvalue weighted by Gasteiger charge is 2.31. The molecule has 7 heteroatoms. The maximum Gasteiger partial charge on any atom is 0.274 e. The lowest BCUT2D eigenvalue weighted by atomic mass is 10.0. The van der Waals surface area contributed by atoms with Gasteiger partial charge in [0.15, 0.2) is 5.69 Å². The molecule has 1 N–H and O–H groups in total. The van der Waals surface area contributed by atoms with Gasteiger partial charge < -0.3 is 10.0 Å². The van der Waals surface area contributed by atoms with Gasteiger partial charge in [0, 0.05) is 56.9 Å². The molecule has 0 atom stereocenters. The van der Waals surface area contributed by atoms with Crippen LogP contribution in [0.15, 0.2) is 47.2 Å². The molecule has 2 aromatic heterocycles. The molecular formula is C26H32N4O2S. The molecule has 1 saturated heterocycles. The Kier molecular flexibility index (Phi) is 6.90. The second kappa shape index (κ2) is 10.2. The second-order valence-electron chi connectivity index (χ2n) is 9.20. The van der Waals surface area contributed by atoms with Crippen LogP contribution in [0.3, 0.4) is 0 Å². The number of aliphatic hydroxyl groups is 1. The molecule has 174 valence electrons. The summed E-state index contributed by atoms with van der Waals surface area (Å²) in [6, 6.07) is 12.7. The van der Waals surface area contributed by atoms with Gasteiger partial charge in [0.05, 0.1) is 6.10 Å². The van der Waals surface area contributed by atoms with Gasteiger partial charge in [-0.3, -0.25) is 14.4 Å². The van der Waals surface area contributed by atoms with E-state index in [0.29, 0.717) is 31.6 Å². The number of aryl methyl sites for hydroxylation is 2. The largest absolute Gasteiger partial charge is 0.393 e. The van der Waals surface area contributed by atoms with Gasteiger partial charge >= 0.3 is 0 Å². The van der Waals surface area contributed by atoms with E-state index in [1.165, 1.54) is 16.8 Å². The standard InChI is InChI=1S/C26H32N4O2S/c31-22-8-14-29(15-9-22)26(32)25-23-18-28(17-21-11-16-33-19-21)13-10-24(23)30(27-25)12-4-7-20-5-2-1-3-6-20/h1-3,5-6,11,16,19,22,31H,4,7-10,12-15,17-18H2. The van der Waals surface area contributed by atoms with E-state index < -0.39 is 0 Å². The van der Waals surface area contributed by atoms with Gasteiger partial charge in [0.2, 0.25) is 0 Å². The number of piperidine rings is 1. The van der Waals surface area contributed by atoms with Crippen LogP contribution < -0.4 is 0 Å². The fourth-order valence-corrected chi connectivity index (χ4v) is 5.64. The summed E-state index contributed by atoms with van der Waals surface area (Å²) in [5.41, 5.74) is 5.62. The zero-order chi connectivity index (χ0) is 22.6. The van der Waals surface area contributed by atoms with Gasteiger partial charge in [-0.2, -0.15) is 16.4 Å². The molecule has 0 unspecified atom stereocenters. The third-order valence-electron chi connectivity index (χ3n) is 6.83. The number of aliphatic hydroxyl groups excluding tert-OH is 1. The molecule has 2 aliphatic rings. The van der Waals surface area contributed by atoms with E-state index in [1.807, 2.05) is 11.0 Å². The number of hydrogen-bond donors (Lipinski definition) is 1. The first kappa shape index (κ1) is 22.3. The molecule has 0 bridgehead atoms. The normalized spacial score (nSPS) is 17.3. The Hall–Kier alpha value is -2.48. The molecule has 0 spiro atoms. The number of rotatable bonds is 7. The summed E-state index contributed by atoms with van der Waals surface area (Å²) < 4.78 is 2.10. The monoisotopic (exact) mass is 464 g/mol. The molecule has 1 aromatic carbocycles. The average molecular weight is 465 g/mol. The number of benzene rings is 1. The maximum absolute atomic E-state index is 13.5. The van der Waals surface area contributed by atoms with Crippen LogP contribution in [-0.2, 0) is 32.5 Å². The van der Waals surface area contributed by atoms with Crippen molar-refractivity contribution >= 4 is 17.2 Å². The van der Waals surface area contributed by atoms with E-state index in [2.05, 4.69) is 50.7 Å². The number of amides is 1. The minimum atomic E-state index is -0.292. The molecule has 0 radical (unpaired) electrons. The number of carbonyl (C=O) groups excluding carboxylic acids is 1. The summed E-state index contributed by atoms with van der Waals surface area (Å²) in [5.74, 6) is 0.0253. The van der Waals surface area contributed by atoms with Gasteiger partial charge in [-0.15, -0.1) is 0 Å². The summed E-state index contributed by atoms with van der Waals surface area (Å²) >= 11 is 1.73. The highest BCUT2D eigenvalue weighted by molar-refractivity contribution is 7.07. The Bertz CT molecular complexity index is 1060. The molecule has 3 aromatic rings. The summed E-state index contributed by atoms with van der Waals surface area (Å²) in [7, 11) is 0. The van der Waals surface area contributed by atoms with E-state index in [-0.39, 0.29) is 12.0 Å². The van der Waals surface area contributed by atoms with Crippen molar-refractivity contribution in [2.45, 2.75) is 57.8 Å². The summed E-state index contributed by atoms with van der Waals surface area (Å²) in [4.78, 5) is 17.8. The topological polar surface area (TPSA) is 61.6 Å². The van der Waals surface area contributed by atoms with Crippen LogP contribution in [0.2, 0.25) is 0 Å². The van der Waals surface area contributed by atoms with Crippen molar-refractivity contribution in [2.24, 2.45) is 0 Å². The molecule has 1 fully saturated rings. The Morgan fingerprint density at radius 1 is 1.09 bits per heavy atom. The molecule has 1 amide bonds. The number of aromatic nitrogens is 2. The lowest BCUT2D eigenvalue weighted by Crippen LogP contribution is -2.41. The fraction of sp³-hybridized carbons (Fsp3) is 0.462. The molecule has 0 saturated carbocycles. The minimum Gasteiger partial charge on any atom is -0.393 e. The van der Waals surface area contributed by atoms with Crippen LogP contribution in [0.25, 0.3) is 0 Å². The molecule has 2 aliphatic heterocycles. The van der Waals surface area contributed by atoms with Gasteiger partial charge in [0.1, 0.15) is 0 Å². The minimum absolute atomic E-state index is 0.0253. The number of fused-ring (bicyclic) bond motifs is 1. The second-order valence-corrected chi connectivity index (χ2v) is 9.98. The number of carbonyl (C=O) groups is 1. The van der Waals surface area contributed by atoms with Crippen molar-refractivity contribution in [3.05, 3.63) is 75.2 Å². The van der Waals surface area contributed by atoms with Gasteiger partial charge in [-0.1, -0.05) is 30.3 Å². The van der Waals surface area contributed by atoms with Gasteiger partial charge in [-0.25, -0.2) is 0 Å². The van der Waals surface area contributed by atoms with Crippen molar-refractivity contribution in [2.75, 3.05) is 19.6 Å². The van der Waals surface area contributed by atoms with Gasteiger partial charge in [0.25, 0.3) is 5.91 Å². The quantitative estimate of drug-likeness (QED) is 0.579. The predicted octanol–water partition coefficient (Wildman–Crippen LogP) is 3.73. The average Bonchev–Trinajstić information content (AvgIpc) is 3.48. The van der Waals surface area contributed by atoms with E-state index in [4.69, 9.17) is 5.10 Å². The van der Waals surface area contributed by atoms with Crippen LogP contribution in [0.4, 0.5) is 0 Å². The van der Waals surface area contributed by atoms with Crippen molar-refractivity contribution in [1.82, 2.24) is 19.6 Å². The lowest BCUT2D eigenvalue weighted by Gasteiger charge is -2.30. The van der Waals surface area contributed by atoms with E-state index in [1.54, 1.807) is 11.3 Å². The molecule has 5 rings (SSSR count). The van der Waals surface area contributed by atoms with Gasteiger partial charge in [-0.05, 0) is 53.6 Å².